The van der Waals surface area contributed by atoms with Crippen molar-refractivity contribution in [3.05, 3.63) is 75.4 Å². The number of carbonyl (C=O) groups excluding carboxylic acids is 2. The lowest BCUT2D eigenvalue weighted by Crippen LogP contribution is -2.32. The third-order valence-corrected chi connectivity index (χ3v) is 7.47. The van der Waals surface area contributed by atoms with Crippen molar-refractivity contribution in [1.29, 1.82) is 0 Å². The van der Waals surface area contributed by atoms with E-state index in [4.69, 9.17) is 23.2 Å². The van der Waals surface area contributed by atoms with Crippen LogP contribution in [-0.4, -0.2) is 25.2 Å². The summed E-state index contributed by atoms with van der Waals surface area (Å²) in [5.41, 5.74) is -1.83. The molecule has 0 spiro atoms. The molecule has 15 heteroatoms. The number of hydrogen-bond acceptors (Lipinski definition) is 7. The number of hydrogen-bond donors (Lipinski definition) is 2. The monoisotopic (exact) mass is 562 g/mol. The van der Waals surface area contributed by atoms with Crippen molar-refractivity contribution in [1.82, 2.24) is 4.98 Å². The molecule has 0 bridgehead atoms. The quantitative estimate of drug-likeness (QED) is 0.407. The fraction of sp³-hybridized carbons (Fsp3) is 0.0500. The molecular weight excluding hydrogens is 552 g/mol. The molecular formula is C20H11Cl2F3N4O4S2. The summed E-state index contributed by atoms with van der Waals surface area (Å²) in [7, 11) is -3.93. The predicted molar refractivity (Wildman–Crippen MR) is 125 cm³/mol. The second kappa shape index (κ2) is 9.15. The van der Waals surface area contributed by atoms with E-state index in [-0.39, 0.29) is 20.7 Å². The summed E-state index contributed by atoms with van der Waals surface area (Å²) in [6, 6.07) is 7.28. The molecule has 8 nitrogen and oxygen atoms in total. The van der Waals surface area contributed by atoms with Crippen LogP contribution in [0.15, 0.2) is 69.7 Å². The van der Waals surface area contributed by atoms with Crippen molar-refractivity contribution >= 4 is 72.9 Å². The lowest BCUT2D eigenvalue weighted by atomic mass is 10.2. The minimum absolute atomic E-state index is 0.107. The summed E-state index contributed by atoms with van der Waals surface area (Å²) in [6.45, 7) is 0. The second-order valence-corrected chi connectivity index (χ2v) is 10.3. The minimum atomic E-state index is -4.74. The summed E-state index contributed by atoms with van der Waals surface area (Å²) in [5.74, 6) is -2.12. The molecule has 35 heavy (non-hydrogen) atoms. The van der Waals surface area contributed by atoms with Gasteiger partial charge in [0.15, 0.2) is 5.13 Å². The molecule has 2 amide bonds. The zero-order chi connectivity index (χ0) is 25.5. The van der Waals surface area contributed by atoms with Crippen LogP contribution in [-0.2, 0) is 25.8 Å². The zero-order valence-electron chi connectivity index (χ0n) is 16.9. The second-order valence-electron chi connectivity index (χ2n) is 6.89. The highest BCUT2D eigenvalue weighted by molar-refractivity contribution is 7.93. The Morgan fingerprint density at radius 3 is 2.29 bits per heavy atom. The minimum Gasteiger partial charge on any atom is -0.350 e. The van der Waals surface area contributed by atoms with Crippen molar-refractivity contribution in [2.75, 3.05) is 14.9 Å². The first-order valence-electron chi connectivity index (χ1n) is 9.33. The Hall–Kier alpha value is -3.13. The number of nitrogens with one attached hydrogen (secondary N) is 2. The van der Waals surface area contributed by atoms with Gasteiger partial charge in [-0.15, -0.1) is 11.3 Å². The average Bonchev–Trinajstić information content (AvgIpc) is 3.36. The highest BCUT2D eigenvalue weighted by Crippen LogP contribution is 2.38. The van der Waals surface area contributed by atoms with E-state index < -0.39 is 50.0 Å². The van der Waals surface area contributed by atoms with Gasteiger partial charge >= 0.3 is 6.18 Å². The van der Waals surface area contributed by atoms with Crippen molar-refractivity contribution < 1.29 is 31.2 Å². The Morgan fingerprint density at radius 2 is 1.69 bits per heavy atom. The van der Waals surface area contributed by atoms with Gasteiger partial charge in [0.2, 0.25) is 0 Å². The van der Waals surface area contributed by atoms with E-state index in [2.05, 4.69) is 15.0 Å². The van der Waals surface area contributed by atoms with Crippen molar-refractivity contribution in [2.24, 2.45) is 0 Å². The number of alkyl halides is 3. The number of halogens is 5. The molecule has 4 rings (SSSR count). The van der Waals surface area contributed by atoms with Gasteiger partial charge < -0.3 is 5.32 Å². The van der Waals surface area contributed by atoms with Gasteiger partial charge in [-0.3, -0.25) is 14.3 Å². The van der Waals surface area contributed by atoms with Gasteiger partial charge in [-0.25, -0.2) is 18.3 Å². The van der Waals surface area contributed by atoms with Crippen molar-refractivity contribution in [2.45, 2.75) is 11.1 Å². The van der Waals surface area contributed by atoms with Gasteiger partial charge in [-0.05, 0) is 42.5 Å². The lowest BCUT2D eigenvalue weighted by molar-refractivity contribution is -0.137. The number of aromatic nitrogens is 1. The van der Waals surface area contributed by atoms with E-state index in [1.54, 1.807) is 5.38 Å². The fourth-order valence-corrected chi connectivity index (χ4v) is 5.20. The van der Waals surface area contributed by atoms with Crippen molar-refractivity contribution in [3.8, 4) is 0 Å². The molecule has 0 unspecified atom stereocenters. The van der Waals surface area contributed by atoms with Crippen LogP contribution < -0.4 is 14.9 Å². The van der Waals surface area contributed by atoms with Crippen LogP contribution in [0.1, 0.15) is 5.56 Å². The predicted octanol–water partition coefficient (Wildman–Crippen LogP) is 5.05. The number of imide groups is 1. The smallest absolute Gasteiger partial charge is 0.350 e. The molecule has 0 fully saturated rings. The molecule has 1 aliphatic heterocycles. The van der Waals surface area contributed by atoms with Crippen LogP contribution in [0.3, 0.4) is 0 Å². The molecule has 0 aliphatic carbocycles. The Labute approximate surface area is 210 Å². The topological polar surface area (TPSA) is 108 Å². The van der Waals surface area contributed by atoms with E-state index in [9.17, 15) is 31.2 Å². The number of nitrogens with zero attached hydrogens (tertiary/aromatic N) is 2. The van der Waals surface area contributed by atoms with E-state index >= 15 is 0 Å². The first-order valence-corrected chi connectivity index (χ1v) is 12.4. The number of benzene rings is 2. The number of thiazole rings is 1. The summed E-state index contributed by atoms with van der Waals surface area (Å²) in [6.07, 6.45) is -3.30. The van der Waals surface area contributed by atoms with Crippen LogP contribution in [0.2, 0.25) is 5.02 Å². The lowest BCUT2D eigenvalue weighted by Gasteiger charge is -2.18. The summed E-state index contributed by atoms with van der Waals surface area (Å²) < 4.78 is 66.5. The highest BCUT2D eigenvalue weighted by Gasteiger charge is 2.41. The Bertz CT molecular complexity index is 1460. The summed E-state index contributed by atoms with van der Waals surface area (Å²) >= 11 is 13.1. The van der Waals surface area contributed by atoms with E-state index in [0.29, 0.717) is 17.0 Å². The first kappa shape index (κ1) is 25.0. The number of sulfonamides is 1. The third kappa shape index (κ3) is 4.98. The molecule has 0 saturated carbocycles. The average molecular weight is 563 g/mol. The first-order chi connectivity index (χ1) is 16.4. The molecule has 182 valence electrons. The largest absolute Gasteiger partial charge is 0.416 e. The molecule has 2 heterocycles. The maximum atomic E-state index is 13.1. The van der Waals surface area contributed by atoms with Crippen LogP contribution >= 0.6 is 34.5 Å². The normalized spacial score (nSPS) is 14.6. The SMILES string of the molecule is O=C1C(Cl)=C(Nc2ccc(S(=O)(=O)Nc3nccs3)cc2)C(=O)N1c1cc(C(F)(F)F)ccc1Cl. The number of carbonyl (C=O) groups is 2. The third-order valence-electron chi connectivity index (χ3n) is 4.63. The van der Waals surface area contributed by atoms with Gasteiger partial charge in [0.05, 0.1) is 21.2 Å². The molecule has 2 aromatic carbocycles. The summed E-state index contributed by atoms with van der Waals surface area (Å²) in [4.78, 5) is 29.7. The van der Waals surface area contributed by atoms with Gasteiger partial charge in [0.1, 0.15) is 10.7 Å². The molecule has 0 saturated heterocycles. The van der Waals surface area contributed by atoms with Crippen LogP contribution in [0.5, 0.6) is 0 Å². The van der Waals surface area contributed by atoms with E-state index in [0.717, 1.165) is 17.4 Å². The van der Waals surface area contributed by atoms with Gasteiger partial charge in [0.25, 0.3) is 21.8 Å². The maximum absolute atomic E-state index is 13.1. The van der Waals surface area contributed by atoms with Crippen LogP contribution in [0, 0.1) is 0 Å². The number of anilines is 3. The van der Waals surface area contributed by atoms with Gasteiger partial charge in [-0.2, -0.15) is 13.2 Å². The number of amides is 2. The van der Waals surface area contributed by atoms with Crippen LogP contribution in [0.4, 0.5) is 29.7 Å². The molecule has 0 radical (unpaired) electrons. The summed E-state index contributed by atoms with van der Waals surface area (Å²) in [5, 5.41) is 3.52. The van der Waals surface area contributed by atoms with Gasteiger partial charge in [-0.1, -0.05) is 23.2 Å². The number of rotatable bonds is 6. The van der Waals surface area contributed by atoms with E-state index in [1.165, 1.54) is 30.5 Å². The van der Waals surface area contributed by atoms with Gasteiger partial charge in [0, 0.05) is 17.3 Å². The van der Waals surface area contributed by atoms with E-state index in [1.807, 2.05) is 0 Å². The fourth-order valence-electron chi connectivity index (χ4n) is 3.00. The van der Waals surface area contributed by atoms with Crippen LogP contribution in [0.25, 0.3) is 0 Å². The highest BCUT2D eigenvalue weighted by atomic mass is 35.5. The Kier molecular flexibility index (Phi) is 6.53. The Morgan fingerprint density at radius 1 is 1.00 bits per heavy atom. The molecule has 0 atom stereocenters. The molecule has 2 N–H and O–H groups in total. The van der Waals surface area contributed by atoms with Crippen molar-refractivity contribution in [3.63, 3.8) is 0 Å². The molecule has 1 aromatic heterocycles. The maximum Gasteiger partial charge on any atom is 0.416 e. The molecule has 1 aliphatic rings. The zero-order valence-corrected chi connectivity index (χ0v) is 20.1. The Balaban J connectivity index is 1.57. The molecule has 3 aromatic rings. The standard InChI is InChI=1S/C20H11Cl2F3N4O4S2/c21-13-6-1-10(20(23,24)25)9-14(13)29-17(30)15(22)16(18(29)31)27-11-2-4-12(5-3-11)35(32,33)28-19-26-7-8-34-19/h1-9,27H,(H,26,28).